The van der Waals surface area contributed by atoms with Gasteiger partial charge in [0.15, 0.2) is 22.5 Å². The average Bonchev–Trinajstić information content (AvgIpc) is 3.25. The smallest absolute Gasteiger partial charge is 0.338 e. The first kappa shape index (κ1) is 24.8. The normalized spacial score (nSPS) is 10.4. The van der Waals surface area contributed by atoms with Crippen molar-refractivity contribution in [1.29, 1.82) is 0 Å². The van der Waals surface area contributed by atoms with Crippen molar-refractivity contribution in [3.8, 4) is 22.9 Å². The van der Waals surface area contributed by atoms with Crippen LogP contribution in [-0.4, -0.2) is 53.2 Å². The fourth-order valence-corrected chi connectivity index (χ4v) is 3.93. The lowest BCUT2D eigenvalue weighted by atomic mass is 10.1. The van der Waals surface area contributed by atoms with E-state index in [9.17, 15) is 9.59 Å². The molecule has 1 aromatic heterocycles. The molecule has 0 saturated heterocycles. The molecule has 0 aliphatic carbocycles. The molecule has 0 spiro atoms. The Morgan fingerprint density at radius 2 is 1.88 bits per heavy atom. The summed E-state index contributed by atoms with van der Waals surface area (Å²) in [6, 6.07) is 12.0. The molecule has 34 heavy (non-hydrogen) atoms. The molecule has 10 heteroatoms. The average molecular weight is 483 g/mol. The van der Waals surface area contributed by atoms with Gasteiger partial charge in [0.25, 0.3) is 0 Å². The molecule has 1 N–H and O–H groups in total. The monoisotopic (exact) mass is 482 g/mol. The third-order valence-electron chi connectivity index (χ3n) is 4.68. The summed E-state index contributed by atoms with van der Waals surface area (Å²) in [5.41, 5.74) is 1.72. The number of ether oxygens (including phenoxy) is 3. The highest BCUT2D eigenvalue weighted by atomic mass is 32.2. The minimum Gasteiger partial charge on any atom is -0.493 e. The number of methoxy groups -OCH3 is 2. The second-order valence-corrected chi connectivity index (χ2v) is 7.82. The number of benzene rings is 2. The van der Waals surface area contributed by atoms with Gasteiger partial charge in [-0.15, -0.1) is 16.8 Å². The Kier molecular flexibility index (Phi) is 8.69. The summed E-state index contributed by atoms with van der Waals surface area (Å²) < 4.78 is 17.7. The maximum atomic E-state index is 12.5. The Morgan fingerprint density at radius 3 is 2.53 bits per heavy atom. The van der Waals surface area contributed by atoms with Crippen LogP contribution in [0.3, 0.4) is 0 Å². The molecule has 0 unspecified atom stereocenters. The van der Waals surface area contributed by atoms with Crippen LogP contribution >= 0.6 is 11.8 Å². The summed E-state index contributed by atoms with van der Waals surface area (Å²) in [6.45, 7) is 6.31. The molecule has 0 radical (unpaired) electrons. The second kappa shape index (κ2) is 11.9. The highest BCUT2D eigenvalue weighted by molar-refractivity contribution is 7.99. The molecule has 0 bridgehead atoms. The van der Waals surface area contributed by atoms with Crippen LogP contribution in [0, 0.1) is 0 Å². The van der Waals surface area contributed by atoms with Crippen molar-refractivity contribution >= 4 is 29.3 Å². The molecule has 0 aliphatic rings. The van der Waals surface area contributed by atoms with Gasteiger partial charge < -0.3 is 19.5 Å². The van der Waals surface area contributed by atoms with Crippen LogP contribution in [0.1, 0.15) is 17.3 Å². The zero-order valence-corrected chi connectivity index (χ0v) is 20.1. The number of allylic oxidation sites excluding steroid dienone is 1. The number of nitrogens with zero attached hydrogens (tertiary/aromatic N) is 3. The van der Waals surface area contributed by atoms with Crippen molar-refractivity contribution in [2.45, 2.75) is 18.6 Å². The summed E-state index contributed by atoms with van der Waals surface area (Å²) in [5.74, 6) is 1.19. The maximum absolute atomic E-state index is 12.5. The predicted molar refractivity (Wildman–Crippen MR) is 131 cm³/mol. The number of para-hydroxylation sites is 1. The van der Waals surface area contributed by atoms with Gasteiger partial charge in [0.2, 0.25) is 5.91 Å². The molecule has 2 aromatic carbocycles. The van der Waals surface area contributed by atoms with Gasteiger partial charge in [-0.2, -0.15) is 0 Å². The minimum atomic E-state index is -0.402. The lowest BCUT2D eigenvalue weighted by Crippen LogP contribution is -2.15. The van der Waals surface area contributed by atoms with Gasteiger partial charge in [0.1, 0.15) is 0 Å². The third-order valence-corrected chi connectivity index (χ3v) is 5.65. The molecule has 0 fully saturated rings. The van der Waals surface area contributed by atoms with Crippen LogP contribution in [0.2, 0.25) is 0 Å². The first-order valence-corrected chi connectivity index (χ1v) is 11.5. The molecule has 1 heterocycles. The Balaban J connectivity index is 1.72. The molecule has 0 saturated carbocycles. The van der Waals surface area contributed by atoms with Crippen molar-refractivity contribution < 1.29 is 23.8 Å². The number of carbonyl (C=O) groups excluding carboxylic acids is 2. The molecule has 3 aromatic rings. The van der Waals surface area contributed by atoms with Gasteiger partial charge >= 0.3 is 5.97 Å². The fourth-order valence-electron chi connectivity index (χ4n) is 3.18. The van der Waals surface area contributed by atoms with E-state index in [-0.39, 0.29) is 11.7 Å². The van der Waals surface area contributed by atoms with E-state index >= 15 is 0 Å². The number of rotatable bonds is 11. The van der Waals surface area contributed by atoms with Crippen molar-refractivity contribution in [3.63, 3.8) is 0 Å². The summed E-state index contributed by atoms with van der Waals surface area (Å²) in [6.07, 6.45) is 1.73. The minimum absolute atomic E-state index is 0.115. The van der Waals surface area contributed by atoms with Crippen molar-refractivity contribution in [2.75, 3.05) is 31.9 Å². The number of thioether (sulfide) groups is 1. The molecule has 0 aliphatic heterocycles. The number of hydrogen-bond acceptors (Lipinski definition) is 8. The molecule has 9 nitrogen and oxygen atoms in total. The molecule has 178 valence electrons. The zero-order chi connectivity index (χ0) is 24.5. The Labute approximate surface area is 202 Å². The molecule has 1 amide bonds. The van der Waals surface area contributed by atoms with E-state index in [1.807, 2.05) is 16.7 Å². The van der Waals surface area contributed by atoms with E-state index in [0.29, 0.717) is 52.4 Å². The summed E-state index contributed by atoms with van der Waals surface area (Å²) in [5, 5.41) is 12.0. The summed E-state index contributed by atoms with van der Waals surface area (Å²) >= 11 is 1.25. The van der Waals surface area contributed by atoms with Gasteiger partial charge in [0, 0.05) is 12.2 Å². The number of aromatic nitrogens is 3. The van der Waals surface area contributed by atoms with E-state index in [1.54, 1.807) is 57.6 Å². The van der Waals surface area contributed by atoms with Gasteiger partial charge in [-0.05, 0) is 43.3 Å². The van der Waals surface area contributed by atoms with Crippen molar-refractivity contribution in [3.05, 3.63) is 60.7 Å². The lowest BCUT2D eigenvalue weighted by molar-refractivity contribution is -0.113. The number of esters is 1. The van der Waals surface area contributed by atoms with E-state index < -0.39 is 5.97 Å². The van der Waals surface area contributed by atoms with Crippen LogP contribution in [0.25, 0.3) is 11.4 Å². The highest BCUT2D eigenvalue weighted by Crippen LogP contribution is 2.38. The van der Waals surface area contributed by atoms with Crippen LogP contribution in [0.15, 0.2) is 60.3 Å². The van der Waals surface area contributed by atoms with Gasteiger partial charge in [0.05, 0.1) is 37.7 Å². The van der Waals surface area contributed by atoms with Gasteiger partial charge in [-0.3, -0.25) is 9.36 Å². The molecular weight excluding hydrogens is 456 g/mol. The SMILES string of the molecule is C=CCn1c(SCC(=O)Nc2ccc(C(=O)OCC)cc2)nnc1-c1cccc(OC)c1OC. The lowest BCUT2D eigenvalue weighted by Gasteiger charge is -2.13. The predicted octanol–water partition coefficient (Wildman–Crippen LogP) is 4.06. The summed E-state index contributed by atoms with van der Waals surface area (Å²) in [7, 11) is 3.13. The number of anilines is 1. The van der Waals surface area contributed by atoms with E-state index in [2.05, 4.69) is 22.1 Å². The highest BCUT2D eigenvalue weighted by Gasteiger charge is 2.20. The third kappa shape index (κ3) is 5.76. The Bertz CT molecular complexity index is 1160. The summed E-state index contributed by atoms with van der Waals surface area (Å²) in [4.78, 5) is 24.3. The fraction of sp³-hybridized carbons (Fsp3) is 0.250. The van der Waals surface area contributed by atoms with Gasteiger partial charge in [-0.1, -0.05) is 23.9 Å². The zero-order valence-electron chi connectivity index (χ0n) is 19.2. The van der Waals surface area contributed by atoms with Crippen LogP contribution in [0.5, 0.6) is 11.5 Å². The quantitative estimate of drug-likeness (QED) is 0.248. The number of hydrogen-bond donors (Lipinski definition) is 1. The second-order valence-electron chi connectivity index (χ2n) is 6.88. The molecule has 0 atom stereocenters. The first-order valence-electron chi connectivity index (χ1n) is 10.5. The number of nitrogens with one attached hydrogen (secondary N) is 1. The van der Waals surface area contributed by atoms with E-state index in [0.717, 1.165) is 0 Å². The van der Waals surface area contributed by atoms with E-state index in [4.69, 9.17) is 14.2 Å². The van der Waals surface area contributed by atoms with Crippen molar-refractivity contribution in [2.24, 2.45) is 0 Å². The number of amides is 1. The topological polar surface area (TPSA) is 105 Å². The molecule has 3 rings (SSSR count). The van der Waals surface area contributed by atoms with E-state index in [1.165, 1.54) is 11.8 Å². The van der Waals surface area contributed by atoms with Crippen molar-refractivity contribution in [1.82, 2.24) is 14.8 Å². The van der Waals surface area contributed by atoms with Crippen LogP contribution in [-0.2, 0) is 16.1 Å². The molecular formula is C24H26N4O5S. The Hall–Kier alpha value is -3.79. The Morgan fingerprint density at radius 1 is 1.12 bits per heavy atom. The van der Waals surface area contributed by atoms with Crippen LogP contribution < -0.4 is 14.8 Å². The largest absolute Gasteiger partial charge is 0.493 e. The standard InChI is InChI=1S/C24H26N4O5S/c1-5-14-28-22(18-8-7-9-19(31-3)21(18)32-4)26-27-24(28)34-15-20(29)25-17-12-10-16(11-13-17)23(30)33-6-2/h5,7-13H,1,6,14-15H2,2-4H3,(H,25,29). The first-order chi connectivity index (χ1) is 16.5. The number of carbonyl (C=O) groups is 2. The maximum Gasteiger partial charge on any atom is 0.338 e. The van der Waals surface area contributed by atoms with Gasteiger partial charge in [-0.25, -0.2) is 4.79 Å². The van der Waals surface area contributed by atoms with Crippen LogP contribution in [0.4, 0.5) is 5.69 Å².